The molecule has 0 saturated heterocycles. The predicted octanol–water partition coefficient (Wildman–Crippen LogP) is 0.526. The van der Waals surface area contributed by atoms with Crippen LogP contribution in [0.4, 0.5) is 5.69 Å². The Bertz CT molecular complexity index is 404. The summed E-state index contributed by atoms with van der Waals surface area (Å²) in [5.74, 6) is -0.396. The molecule has 0 heterocycles. The zero-order chi connectivity index (χ0) is 11.4. The molecule has 0 unspecified atom stereocenters. The number of primary amides is 1. The maximum absolute atomic E-state index is 10.6. The van der Waals surface area contributed by atoms with Gasteiger partial charge < -0.3 is 16.8 Å². The van der Waals surface area contributed by atoms with Gasteiger partial charge in [-0.2, -0.15) is 0 Å². The summed E-state index contributed by atoms with van der Waals surface area (Å²) < 4.78 is 0. The van der Waals surface area contributed by atoms with Gasteiger partial charge >= 0.3 is 0 Å². The highest BCUT2D eigenvalue weighted by Gasteiger charge is 2.02. The van der Waals surface area contributed by atoms with E-state index >= 15 is 0 Å². The molecule has 0 aliphatic rings. The Labute approximate surface area is 93.6 Å². The van der Waals surface area contributed by atoms with Gasteiger partial charge in [-0.15, -0.1) is 0 Å². The van der Waals surface area contributed by atoms with Gasteiger partial charge in [-0.25, -0.2) is 0 Å². The molecule has 5 heteroatoms. The van der Waals surface area contributed by atoms with E-state index in [-0.39, 0.29) is 6.54 Å². The van der Waals surface area contributed by atoms with E-state index in [1.165, 1.54) is 0 Å². The molecule has 0 aliphatic heterocycles. The van der Waals surface area contributed by atoms with Gasteiger partial charge in [0, 0.05) is 11.3 Å². The largest absolute Gasteiger partial charge is 0.389 e. The summed E-state index contributed by atoms with van der Waals surface area (Å²) in [5, 5.41) is 2.92. The van der Waals surface area contributed by atoms with Crippen molar-refractivity contribution in [2.75, 3.05) is 11.9 Å². The van der Waals surface area contributed by atoms with Crippen molar-refractivity contribution in [3.05, 3.63) is 29.3 Å². The fraction of sp³-hybridized carbons (Fsp3) is 0.200. The first-order valence-electron chi connectivity index (χ1n) is 4.43. The second kappa shape index (κ2) is 4.75. The minimum atomic E-state index is -0.396. The van der Waals surface area contributed by atoms with Gasteiger partial charge in [0.15, 0.2) is 0 Å². The molecule has 80 valence electrons. The van der Waals surface area contributed by atoms with Gasteiger partial charge in [-0.3, -0.25) is 4.79 Å². The van der Waals surface area contributed by atoms with Crippen LogP contribution in [-0.2, 0) is 4.79 Å². The Balaban J connectivity index is 2.83. The highest BCUT2D eigenvalue weighted by atomic mass is 32.1. The summed E-state index contributed by atoms with van der Waals surface area (Å²) in [5.41, 5.74) is 13.2. The maximum atomic E-state index is 10.6. The van der Waals surface area contributed by atoms with Crippen molar-refractivity contribution in [3.63, 3.8) is 0 Å². The first-order chi connectivity index (χ1) is 7.00. The summed E-state index contributed by atoms with van der Waals surface area (Å²) in [7, 11) is 0. The van der Waals surface area contributed by atoms with E-state index in [0.717, 1.165) is 16.8 Å². The number of thiocarbonyl (C=S) groups is 1. The number of aryl methyl sites for hydroxylation is 1. The van der Waals surface area contributed by atoms with Crippen LogP contribution in [0.15, 0.2) is 18.2 Å². The highest BCUT2D eigenvalue weighted by Crippen LogP contribution is 2.16. The second-order valence-corrected chi connectivity index (χ2v) is 3.65. The zero-order valence-corrected chi connectivity index (χ0v) is 9.23. The van der Waals surface area contributed by atoms with Gasteiger partial charge in [-0.05, 0) is 30.7 Å². The Hall–Kier alpha value is -1.62. The van der Waals surface area contributed by atoms with Crippen LogP contribution in [0.1, 0.15) is 11.1 Å². The molecule has 0 fully saturated rings. The van der Waals surface area contributed by atoms with Crippen LogP contribution < -0.4 is 16.8 Å². The van der Waals surface area contributed by atoms with Gasteiger partial charge in [0.1, 0.15) is 4.99 Å². The Morgan fingerprint density at radius 3 is 2.60 bits per heavy atom. The van der Waals surface area contributed by atoms with Gasteiger partial charge in [-0.1, -0.05) is 12.2 Å². The van der Waals surface area contributed by atoms with Crippen molar-refractivity contribution in [1.82, 2.24) is 0 Å². The van der Waals surface area contributed by atoms with Crippen molar-refractivity contribution in [3.8, 4) is 0 Å². The molecule has 0 bridgehead atoms. The topological polar surface area (TPSA) is 81.1 Å². The molecule has 1 amide bonds. The number of hydrogen-bond acceptors (Lipinski definition) is 3. The lowest BCUT2D eigenvalue weighted by Crippen LogP contribution is -2.22. The first kappa shape index (κ1) is 11.5. The molecule has 0 aliphatic carbocycles. The Kier molecular flexibility index (Phi) is 3.62. The fourth-order valence-electron chi connectivity index (χ4n) is 1.20. The third-order valence-corrected chi connectivity index (χ3v) is 2.20. The molecule has 1 aromatic carbocycles. The fourth-order valence-corrected chi connectivity index (χ4v) is 1.32. The Morgan fingerprint density at radius 2 is 2.13 bits per heavy atom. The van der Waals surface area contributed by atoms with Crippen molar-refractivity contribution in [1.29, 1.82) is 0 Å². The molecule has 1 aromatic rings. The number of carbonyl (C=O) groups is 1. The summed E-state index contributed by atoms with van der Waals surface area (Å²) >= 11 is 4.85. The van der Waals surface area contributed by atoms with E-state index in [2.05, 4.69) is 5.32 Å². The summed E-state index contributed by atoms with van der Waals surface area (Å²) in [6.07, 6.45) is 0. The van der Waals surface area contributed by atoms with E-state index < -0.39 is 5.91 Å². The van der Waals surface area contributed by atoms with Crippen LogP contribution in [0.2, 0.25) is 0 Å². The number of nitrogens with two attached hydrogens (primary N) is 2. The third kappa shape index (κ3) is 3.21. The second-order valence-electron chi connectivity index (χ2n) is 3.21. The van der Waals surface area contributed by atoms with Crippen molar-refractivity contribution in [2.45, 2.75) is 6.92 Å². The standard InChI is InChI=1S/C10H13N3OS/c1-6-4-7(10(12)15)2-3-8(6)13-5-9(11)14/h2-4,13H,5H2,1H3,(H2,11,14)(H2,12,15). The lowest BCUT2D eigenvalue weighted by atomic mass is 10.1. The highest BCUT2D eigenvalue weighted by molar-refractivity contribution is 7.80. The normalized spacial score (nSPS) is 9.67. The van der Waals surface area contributed by atoms with E-state index in [4.69, 9.17) is 23.7 Å². The smallest absolute Gasteiger partial charge is 0.236 e. The SMILES string of the molecule is Cc1cc(C(N)=S)ccc1NCC(N)=O. The maximum Gasteiger partial charge on any atom is 0.236 e. The predicted molar refractivity (Wildman–Crippen MR) is 64.8 cm³/mol. The summed E-state index contributed by atoms with van der Waals surface area (Å²) in [6.45, 7) is 2.03. The van der Waals surface area contributed by atoms with Gasteiger partial charge in [0.05, 0.1) is 6.54 Å². The van der Waals surface area contributed by atoms with Crippen molar-refractivity contribution in [2.24, 2.45) is 11.5 Å². The molecule has 4 nitrogen and oxygen atoms in total. The van der Waals surface area contributed by atoms with Crippen molar-refractivity contribution >= 4 is 28.8 Å². The van der Waals surface area contributed by atoms with Crippen LogP contribution in [-0.4, -0.2) is 17.4 Å². The van der Waals surface area contributed by atoms with Crippen LogP contribution in [0.5, 0.6) is 0 Å². The lowest BCUT2D eigenvalue weighted by Gasteiger charge is -2.09. The molecular formula is C10H13N3OS. The first-order valence-corrected chi connectivity index (χ1v) is 4.84. The molecule has 0 radical (unpaired) electrons. The number of benzene rings is 1. The van der Waals surface area contributed by atoms with Crippen LogP contribution in [0.25, 0.3) is 0 Å². The molecule has 5 N–H and O–H groups in total. The molecule has 0 aromatic heterocycles. The number of hydrogen-bond donors (Lipinski definition) is 3. The van der Waals surface area contributed by atoms with Crippen LogP contribution in [0.3, 0.4) is 0 Å². The monoisotopic (exact) mass is 223 g/mol. The molecule has 0 spiro atoms. The molecule has 1 rings (SSSR count). The zero-order valence-electron chi connectivity index (χ0n) is 8.41. The van der Waals surface area contributed by atoms with Crippen molar-refractivity contribution < 1.29 is 4.79 Å². The number of carbonyl (C=O) groups excluding carboxylic acids is 1. The van der Waals surface area contributed by atoms with E-state index in [9.17, 15) is 4.79 Å². The average Bonchev–Trinajstić information content (AvgIpc) is 2.15. The summed E-state index contributed by atoms with van der Waals surface area (Å²) in [6, 6.07) is 5.50. The molecule has 15 heavy (non-hydrogen) atoms. The molecular weight excluding hydrogens is 210 g/mol. The Morgan fingerprint density at radius 1 is 1.47 bits per heavy atom. The van der Waals surface area contributed by atoms with Gasteiger partial charge in [0.2, 0.25) is 5.91 Å². The number of nitrogens with one attached hydrogen (secondary N) is 1. The minimum absolute atomic E-state index is 0.118. The van der Waals surface area contributed by atoms with Gasteiger partial charge in [0.25, 0.3) is 0 Å². The van der Waals surface area contributed by atoms with E-state index in [1.807, 2.05) is 19.1 Å². The number of anilines is 1. The van der Waals surface area contributed by atoms with E-state index in [0.29, 0.717) is 4.99 Å². The number of rotatable bonds is 4. The summed E-state index contributed by atoms with van der Waals surface area (Å²) in [4.78, 5) is 10.9. The lowest BCUT2D eigenvalue weighted by molar-refractivity contribution is -0.116. The minimum Gasteiger partial charge on any atom is -0.389 e. The van der Waals surface area contributed by atoms with Crippen LogP contribution >= 0.6 is 12.2 Å². The number of amides is 1. The average molecular weight is 223 g/mol. The molecule has 0 atom stereocenters. The van der Waals surface area contributed by atoms with E-state index in [1.54, 1.807) is 6.07 Å². The third-order valence-electron chi connectivity index (χ3n) is 1.96. The quantitative estimate of drug-likeness (QED) is 0.650. The van der Waals surface area contributed by atoms with Crippen LogP contribution in [0, 0.1) is 6.92 Å². The molecule has 0 saturated carbocycles.